The highest BCUT2D eigenvalue weighted by atomic mass is 16.4. The summed E-state index contributed by atoms with van der Waals surface area (Å²) in [5, 5.41) is 55.4. The first-order chi connectivity index (χ1) is 27.3. The zero-order valence-corrected chi connectivity index (χ0v) is 30.9. The van der Waals surface area contributed by atoms with Gasteiger partial charge in [0, 0.05) is 46.3 Å². The summed E-state index contributed by atoms with van der Waals surface area (Å²) in [6.07, 6.45) is -2.95. The van der Waals surface area contributed by atoms with Gasteiger partial charge < -0.3 is 57.4 Å². The lowest BCUT2D eigenvalue weighted by molar-refractivity contribution is -0.141. The minimum atomic E-state index is -1.85. The highest BCUT2D eigenvalue weighted by Gasteiger charge is 2.33. The second-order valence-corrected chi connectivity index (χ2v) is 13.5. The van der Waals surface area contributed by atoms with E-state index in [1.54, 1.807) is 12.1 Å². The third-order valence-electron chi connectivity index (χ3n) is 8.75. The van der Waals surface area contributed by atoms with Crippen LogP contribution in [0.5, 0.6) is 5.75 Å². The molecule has 0 aromatic heterocycles. The van der Waals surface area contributed by atoms with Crippen molar-refractivity contribution in [1.82, 2.24) is 16.0 Å². The molecule has 4 rings (SSSR count). The number of carbonyl (C=O) groups excluding carboxylic acids is 4. The summed E-state index contributed by atoms with van der Waals surface area (Å²) in [6, 6.07) is 6.43. The Morgan fingerprint density at radius 1 is 0.759 bits per heavy atom. The van der Waals surface area contributed by atoms with Gasteiger partial charge in [-0.25, -0.2) is 9.79 Å². The molecule has 0 fully saturated rings. The molecule has 12 N–H and O–H groups in total. The summed E-state index contributed by atoms with van der Waals surface area (Å²) < 4.78 is 6.06. The van der Waals surface area contributed by atoms with Gasteiger partial charge in [0.2, 0.25) is 17.7 Å². The molecule has 4 amide bonds. The van der Waals surface area contributed by atoms with Crippen LogP contribution in [0.2, 0.25) is 0 Å². The van der Waals surface area contributed by atoms with Crippen LogP contribution >= 0.6 is 0 Å². The maximum absolute atomic E-state index is 13.5. The van der Waals surface area contributed by atoms with Crippen LogP contribution in [0.3, 0.4) is 0 Å². The molecule has 20 heteroatoms. The minimum Gasteiger partial charge on any atom is -0.507 e. The van der Waals surface area contributed by atoms with Crippen LogP contribution in [0.15, 0.2) is 64.0 Å². The van der Waals surface area contributed by atoms with Gasteiger partial charge in [0.25, 0.3) is 5.91 Å². The van der Waals surface area contributed by atoms with E-state index >= 15 is 0 Å². The van der Waals surface area contributed by atoms with E-state index in [0.717, 1.165) is 0 Å². The van der Waals surface area contributed by atoms with Gasteiger partial charge in [-0.2, -0.15) is 0 Å². The number of fused-ring (bicyclic) bond motifs is 2. The van der Waals surface area contributed by atoms with Gasteiger partial charge in [-0.15, -0.1) is 0 Å². The Hall–Kier alpha value is -7.35. The number of nitrogens with two attached hydrogens (primary N) is 2. The number of carboxylic acids is 4. The van der Waals surface area contributed by atoms with Crippen LogP contribution < -0.4 is 32.8 Å². The first kappa shape index (κ1) is 43.4. The highest BCUT2D eigenvalue weighted by Crippen LogP contribution is 2.43. The van der Waals surface area contributed by atoms with Crippen LogP contribution in [0.4, 0.5) is 5.69 Å². The Kier molecular flexibility index (Phi) is 13.9. The monoisotopic (exact) mass is 804 g/mol. The zero-order valence-electron chi connectivity index (χ0n) is 30.9. The molecule has 4 atom stereocenters. The van der Waals surface area contributed by atoms with Gasteiger partial charge in [0.15, 0.2) is 0 Å². The third-order valence-corrected chi connectivity index (χ3v) is 8.75. The van der Waals surface area contributed by atoms with Gasteiger partial charge >= 0.3 is 23.9 Å². The fourth-order valence-corrected chi connectivity index (χ4v) is 5.95. The standard InChI is InChI=1S/C38H40N6O14/c1-16(2)33(44-34(52)22(40)14-29(48)49)37(55)42-23(10-11-28(46)47)35(53)43-24(15-30(50)51)36(54)41-18-7-9-20-27(13-18)58-26-12-17(39)6-8-19(26)31(20)21-4-3-5-25(45)32(21)38(56)57/h3-9,12-13,16,22-24,33,45H,10-11,14-15,39-40H2,1-2H3,(H,42,55)(H,43,53)(H,44,52)(H,46,47)(H,48,49)(H,50,51)(H,56,57). The van der Waals surface area contributed by atoms with Crippen LogP contribution in [0, 0.1) is 5.92 Å². The number of phenols is 1. The minimum absolute atomic E-state index is 0.0628. The quantitative estimate of drug-likeness (QED) is 0.0523. The molecule has 0 spiro atoms. The highest BCUT2D eigenvalue weighted by molar-refractivity contribution is 6.09. The van der Waals surface area contributed by atoms with Crippen molar-refractivity contribution in [2.24, 2.45) is 16.6 Å². The molecule has 2 aromatic carbocycles. The molecule has 20 nitrogen and oxygen atoms in total. The fourth-order valence-electron chi connectivity index (χ4n) is 5.95. The number of hydrogen-bond acceptors (Lipinski definition) is 12. The van der Waals surface area contributed by atoms with E-state index in [-0.39, 0.29) is 22.3 Å². The third kappa shape index (κ3) is 10.7. The number of benzene rings is 3. The SMILES string of the molecule is CC(C)C(NC(=O)C(N)CC(=O)O)C(=O)NC(CCC(=O)O)C(=O)NC(CC(=O)O)C(=O)N=c1ccc2c(-c3cccc(O)c3C(=O)O)c3ccc(N)cc3oc-2c1. The summed E-state index contributed by atoms with van der Waals surface area (Å²) in [5.74, 6) is -11.1. The Bertz CT molecular complexity index is 2340. The summed E-state index contributed by atoms with van der Waals surface area (Å²) in [7, 11) is 0. The smallest absolute Gasteiger partial charge is 0.340 e. The summed E-state index contributed by atoms with van der Waals surface area (Å²) in [6.45, 7) is 3.03. The lowest BCUT2D eigenvalue weighted by atomic mass is 9.90. The molecule has 0 saturated heterocycles. The first-order valence-electron chi connectivity index (χ1n) is 17.5. The van der Waals surface area contributed by atoms with E-state index in [1.165, 1.54) is 56.3 Å². The van der Waals surface area contributed by atoms with Crippen molar-refractivity contribution in [2.45, 2.75) is 63.7 Å². The van der Waals surface area contributed by atoms with Crippen molar-refractivity contribution < 1.29 is 68.3 Å². The molecule has 0 bridgehead atoms. The van der Waals surface area contributed by atoms with Crippen molar-refractivity contribution in [1.29, 1.82) is 0 Å². The van der Waals surface area contributed by atoms with Crippen molar-refractivity contribution >= 4 is 64.2 Å². The lowest BCUT2D eigenvalue weighted by Gasteiger charge is -2.26. The van der Waals surface area contributed by atoms with E-state index in [9.17, 15) is 58.8 Å². The molecule has 0 saturated carbocycles. The number of nitrogens with one attached hydrogen (secondary N) is 3. The number of amides is 4. The molecular weight excluding hydrogens is 764 g/mol. The normalized spacial score (nSPS) is 13.6. The predicted octanol–water partition coefficient (Wildman–Crippen LogP) is 0.870. The largest absolute Gasteiger partial charge is 0.507 e. The molecule has 0 radical (unpaired) electrons. The van der Waals surface area contributed by atoms with Gasteiger partial charge in [0.05, 0.1) is 24.2 Å². The number of anilines is 1. The number of aromatic carboxylic acids is 1. The Labute approximate surface area is 327 Å². The number of nitrogens with zero attached hydrogens (tertiary/aromatic N) is 1. The molecule has 1 aliphatic heterocycles. The second kappa shape index (κ2) is 18.5. The van der Waals surface area contributed by atoms with E-state index in [1.807, 2.05) is 0 Å². The van der Waals surface area contributed by atoms with Crippen molar-refractivity contribution in [3.8, 4) is 28.2 Å². The molecule has 2 aliphatic rings. The molecule has 4 unspecified atom stereocenters. The van der Waals surface area contributed by atoms with Crippen molar-refractivity contribution in [2.75, 3.05) is 5.73 Å². The lowest BCUT2D eigenvalue weighted by Crippen LogP contribution is -2.58. The topological polar surface area (TPSA) is 351 Å². The van der Waals surface area contributed by atoms with Gasteiger partial charge in [-0.3, -0.25) is 33.6 Å². The maximum atomic E-state index is 13.5. The number of carbonyl (C=O) groups is 8. The molecule has 1 heterocycles. The molecule has 1 aliphatic carbocycles. The van der Waals surface area contributed by atoms with Crippen molar-refractivity contribution in [3.63, 3.8) is 0 Å². The Morgan fingerprint density at radius 2 is 1.43 bits per heavy atom. The van der Waals surface area contributed by atoms with Gasteiger partial charge in [-0.05, 0) is 42.7 Å². The van der Waals surface area contributed by atoms with Crippen LogP contribution in [-0.2, 0) is 33.6 Å². The number of carboxylic acid groups (broad SMARTS) is 4. The summed E-state index contributed by atoms with van der Waals surface area (Å²) in [5.41, 5.74) is 12.5. The summed E-state index contributed by atoms with van der Waals surface area (Å²) in [4.78, 5) is 103. The number of hydrogen-bond donors (Lipinski definition) is 10. The van der Waals surface area contributed by atoms with Crippen LogP contribution in [-0.4, -0.2) is 97.2 Å². The number of aromatic hydroxyl groups is 1. The molecule has 306 valence electrons. The van der Waals surface area contributed by atoms with E-state index in [4.69, 9.17) is 21.0 Å². The van der Waals surface area contributed by atoms with Gasteiger partial charge in [-0.1, -0.05) is 26.0 Å². The van der Waals surface area contributed by atoms with Gasteiger partial charge in [0.1, 0.15) is 40.8 Å². The first-order valence-corrected chi connectivity index (χ1v) is 17.5. The van der Waals surface area contributed by atoms with Crippen LogP contribution in [0.25, 0.3) is 33.4 Å². The Balaban J connectivity index is 1.70. The average molecular weight is 805 g/mol. The number of aliphatic carboxylic acids is 3. The predicted molar refractivity (Wildman–Crippen MR) is 202 cm³/mol. The number of nitrogen functional groups attached to an aromatic ring is 1. The number of rotatable bonds is 17. The summed E-state index contributed by atoms with van der Waals surface area (Å²) >= 11 is 0. The van der Waals surface area contributed by atoms with Crippen molar-refractivity contribution in [3.05, 3.63) is 65.5 Å². The van der Waals surface area contributed by atoms with E-state index < -0.39 is 115 Å². The van der Waals surface area contributed by atoms with E-state index in [0.29, 0.717) is 22.2 Å². The zero-order chi connectivity index (χ0) is 43.0. The van der Waals surface area contributed by atoms with E-state index in [2.05, 4.69) is 20.9 Å². The molecule has 2 aromatic rings. The fraction of sp³-hybridized carbons (Fsp3) is 0.289. The Morgan fingerprint density at radius 3 is 2.05 bits per heavy atom. The maximum Gasteiger partial charge on any atom is 0.340 e. The van der Waals surface area contributed by atoms with Crippen LogP contribution in [0.1, 0.15) is 49.9 Å². The molecule has 58 heavy (non-hydrogen) atoms. The molecular formula is C38H40N6O14. The average Bonchev–Trinajstić information content (AvgIpc) is 3.12. The second-order valence-electron chi connectivity index (χ2n) is 13.5.